The average Bonchev–Trinajstić information content (AvgIpc) is 2.54. The predicted octanol–water partition coefficient (Wildman–Crippen LogP) is 3.39. The Hall–Kier alpha value is -2.14. The van der Waals surface area contributed by atoms with Gasteiger partial charge in [0.1, 0.15) is 16.9 Å². The highest BCUT2D eigenvalue weighted by Crippen LogP contribution is 2.30. The number of fused-ring (bicyclic) bond motifs is 1. The highest BCUT2D eigenvalue weighted by molar-refractivity contribution is 6.05. The number of carbonyl (C=O) groups excluding carboxylic acids is 1. The van der Waals surface area contributed by atoms with Gasteiger partial charge in [0.2, 0.25) is 0 Å². The van der Waals surface area contributed by atoms with E-state index in [4.69, 9.17) is 9.47 Å². The van der Waals surface area contributed by atoms with Gasteiger partial charge in [-0.2, -0.15) is 0 Å². The molecule has 0 aliphatic carbocycles. The maximum absolute atomic E-state index is 12.3. The second kappa shape index (κ2) is 6.75. The molecule has 0 aliphatic rings. The molecule has 0 fully saturated rings. The summed E-state index contributed by atoms with van der Waals surface area (Å²) in [5, 5.41) is 3.74. The van der Waals surface area contributed by atoms with Gasteiger partial charge in [-0.3, -0.25) is 9.78 Å². The summed E-state index contributed by atoms with van der Waals surface area (Å²) in [6.45, 7) is 6.13. The van der Waals surface area contributed by atoms with Crippen molar-refractivity contribution < 1.29 is 14.3 Å². The molecule has 1 amide bonds. The maximum Gasteiger partial charge on any atom is 0.256 e. The van der Waals surface area contributed by atoms with Crippen molar-refractivity contribution in [2.45, 2.75) is 32.8 Å². The molecule has 0 spiro atoms. The molecule has 0 bridgehead atoms. The molecule has 5 heteroatoms. The summed E-state index contributed by atoms with van der Waals surface area (Å²) in [7, 11) is 1.51. The molecule has 0 unspecified atom stereocenters. The molecule has 2 rings (SSSR count). The van der Waals surface area contributed by atoms with E-state index >= 15 is 0 Å². The van der Waals surface area contributed by atoms with Crippen molar-refractivity contribution >= 4 is 22.5 Å². The van der Waals surface area contributed by atoms with Gasteiger partial charge in [-0.15, -0.1) is 0 Å². The van der Waals surface area contributed by atoms with E-state index in [0.717, 1.165) is 23.1 Å². The molecule has 0 saturated heterocycles. The number of carbonyl (C=O) groups is 1. The molecular formula is C17H22N2O3. The Bertz CT molecular complexity index is 668. The van der Waals surface area contributed by atoms with Crippen LogP contribution in [0.5, 0.6) is 5.75 Å². The summed E-state index contributed by atoms with van der Waals surface area (Å²) in [6.07, 6.45) is 2.64. The third kappa shape index (κ3) is 3.36. The third-order valence-electron chi connectivity index (χ3n) is 3.50. The van der Waals surface area contributed by atoms with Gasteiger partial charge in [-0.25, -0.2) is 0 Å². The van der Waals surface area contributed by atoms with Crippen LogP contribution in [0, 0.1) is 0 Å². The Morgan fingerprint density at radius 2 is 2.09 bits per heavy atom. The number of hydrogen-bond acceptors (Lipinski definition) is 4. The number of nitrogens with zero attached hydrogens (tertiary/aromatic N) is 1. The van der Waals surface area contributed by atoms with Crippen molar-refractivity contribution in [2.75, 3.05) is 19.0 Å². The number of ether oxygens (including phenoxy) is 2. The zero-order valence-electron chi connectivity index (χ0n) is 13.5. The van der Waals surface area contributed by atoms with Crippen LogP contribution in [-0.2, 0) is 9.53 Å². The molecule has 2 aromatic rings. The smallest absolute Gasteiger partial charge is 0.256 e. The van der Waals surface area contributed by atoms with Crippen LogP contribution in [-0.4, -0.2) is 30.2 Å². The molecule has 22 heavy (non-hydrogen) atoms. The Kier molecular flexibility index (Phi) is 4.98. The number of methoxy groups -OCH3 is 1. The van der Waals surface area contributed by atoms with E-state index in [-0.39, 0.29) is 5.91 Å². The lowest BCUT2D eigenvalue weighted by Gasteiger charge is -2.22. The minimum atomic E-state index is -0.897. The van der Waals surface area contributed by atoms with Gasteiger partial charge in [0, 0.05) is 18.7 Å². The summed E-state index contributed by atoms with van der Waals surface area (Å²) in [5.74, 6) is 0.517. The number of benzene rings is 1. The minimum Gasteiger partial charge on any atom is -0.491 e. The standard InChI is InChI=1S/C17H22N2O3/c1-5-11-22-14-9-8-13(12-7-6-10-18-15(12)14)19-16(20)17(2,3)21-4/h6-10H,5,11H2,1-4H3,(H,19,20). The first-order chi connectivity index (χ1) is 10.5. The lowest BCUT2D eigenvalue weighted by atomic mass is 10.1. The van der Waals surface area contributed by atoms with E-state index < -0.39 is 5.60 Å². The minimum absolute atomic E-state index is 0.206. The maximum atomic E-state index is 12.3. The van der Waals surface area contributed by atoms with E-state index in [1.807, 2.05) is 24.3 Å². The van der Waals surface area contributed by atoms with Crippen LogP contribution in [0.1, 0.15) is 27.2 Å². The highest BCUT2D eigenvalue weighted by atomic mass is 16.5. The molecule has 5 nitrogen and oxygen atoms in total. The molecule has 0 aliphatic heterocycles. The van der Waals surface area contributed by atoms with Crippen LogP contribution in [0.3, 0.4) is 0 Å². The second-order valence-corrected chi connectivity index (χ2v) is 5.53. The van der Waals surface area contributed by atoms with Crippen molar-refractivity contribution in [3.8, 4) is 5.75 Å². The topological polar surface area (TPSA) is 60.5 Å². The number of anilines is 1. The number of rotatable bonds is 6. The molecule has 1 heterocycles. The molecule has 0 atom stereocenters. The van der Waals surface area contributed by atoms with Gasteiger partial charge >= 0.3 is 0 Å². The van der Waals surface area contributed by atoms with Gasteiger partial charge < -0.3 is 14.8 Å². The second-order valence-electron chi connectivity index (χ2n) is 5.53. The molecule has 118 valence electrons. The van der Waals surface area contributed by atoms with Gasteiger partial charge in [-0.1, -0.05) is 6.92 Å². The van der Waals surface area contributed by atoms with Crippen LogP contribution in [0.15, 0.2) is 30.5 Å². The largest absolute Gasteiger partial charge is 0.491 e. The summed E-state index contributed by atoms with van der Waals surface area (Å²) >= 11 is 0. The van der Waals surface area contributed by atoms with Gasteiger partial charge in [0.15, 0.2) is 0 Å². The van der Waals surface area contributed by atoms with Crippen molar-refractivity contribution in [3.05, 3.63) is 30.5 Å². The van der Waals surface area contributed by atoms with E-state index in [1.54, 1.807) is 20.0 Å². The molecule has 1 aromatic heterocycles. The lowest BCUT2D eigenvalue weighted by Crippen LogP contribution is -2.38. The predicted molar refractivity (Wildman–Crippen MR) is 87.2 cm³/mol. The fraction of sp³-hybridized carbons (Fsp3) is 0.412. The average molecular weight is 302 g/mol. The number of amides is 1. The molecular weight excluding hydrogens is 280 g/mol. The van der Waals surface area contributed by atoms with Crippen LogP contribution in [0.4, 0.5) is 5.69 Å². The van der Waals surface area contributed by atoms with Gasteiger partial charge in [-0.05, 0) is 44.5 Å². The zero-order valence-corrected chi connectivity index (χ0v) is 13.5. The van der Waals surface area contributed by atoms with Crippen LogP contribution < -0.4 is 10.1 Å². The monoisotopic (exact) mass is 302 g/mol. The van der Waals surface area contributed by atoms with E-state index in [1.165, 1.54) is 7.11 Å². The van der Waals surface area contributed by atoms with E-state index in [9.17, 15) is 4.79 Å². The van der Waals surface area contributed by atoms with E-state index in [2.05, 4.69) is 17.2 Å². The fourth-order valence-corrected chi connectivity index (χ4v) is 1.95. The lowest BCUT2D eigenvalue weighted by molar-refractivity contribution is -0.133. The summed E-state index contributed by atoms with van der Waals surface area (Å²) in [6, 6.07) is 7.42. The molecule has 0 radical (unpaired) electrons. The normalized spacial score (nSPS) is 11.5. The Morgan fingerprint density at radius 1 is 1.32 bits per heavy atom. The molecule has 1 N–H and O–H groups in total. The Morgan fingerprint density at radius 3 is 2.77 bits per heavy atom. The quantitative estimate of drug-likeness (QED) is 0.888. The Labute approximate surface area is 130 Å². The van der Waals surface area contributed by atoms with Gasteiger partial charge in [0.05, 0.1) is 12.3 Å². The zero-order chi connectivity index (χ0) is 16.2. The number of nitrogens with one attached hydrogen (secondary N) is 1. The summed E-state index contributed by atoms with van der Waals surface area (Å²) < 4.78 is 10.9. The number of hydrogen-bond donors (Lipinski definition) is 1. The van der Waals surface area contributed by atoms with Gasteiger partial charge in [0.25, 0.3) is 5.91 Å². The fourth-order valence-electron chi connectivity index (χ4n) is 1.95. The van der Waals surface area contributed by atoms with Crippen molar-refractivity contribution in [3.63, 3.8) is 0 Å². The first kappa shape index (κ1) is 16.2. The number of pyridine rings is 1. The highest BCUT2D eigenvalue weighted by Gasteiger charge is 2.27. The van der Waals surface area contributed by atoms with Crippen LogP contribution in [0.25, 0.3) is 10.9 Å². The van der Waals surface area contributed by atoms with Crippen LogP contribution in [0.2, 0.25) is 0 Å². The first-order valence-electron chi connectivity index (χ1n) is 7.36. The summed E-state index contributed by atoms with van der Waals surface area (Å²) in [5.41, 5.74) is 0.539. The molecule has 1 aromatic carbocycles. The van der Waals surface area contributed by atoms with Crippen LogP contribution >= 0.6 is 0 Å². The summed E-state index contributed by atoms with van der Waals surface area (Å²) in [4.78, 5) is 16.7. The van der Waals surface area contributed by atoms with Crippen molar-refractivity contribution in [1.29, 1.82) is 0 Å². The number of aromatic nitrogens is 1. The van der Waals surface area contributed by atoms with Crippen molar-refractivity contribution in [1.82, 2.24) is 4.98 Å². The first-order valence-corrected chi connectivity index (χ1v) is 7.36. The SMILES string of the molecule is CCCOc1ccc(NC(=O)C(C)(C)OC)c2cccnc12. The Balaban J connectivity index is 2.38. The molecule has 0 saturated carbocycles. The van der Waals surface area contributed by atoms with Crippen molar-refractivity contribution in [2.24, 2.45) is 0 Å². The van der Waals surface area contributed by atoms with E-state index in [0.29, 0.717) is 12.3 Å². The third-order valence-corrected chi connectivity index (χ3v) is 3.50.